The van der Waals surface area contributed by atoms with E-state index >= 15 is 0 Å². The van der Waals surface area contributed by atoms with Crippen molar-refractivity contribution < 1.29 is 0 Å². The molecular formula is C14H14BrN3S. The van der Waals surface area contributed by atoms with E-state index in [1.807, 2.05) is 24.5 Å². The van der Waals surface area contributed by atoms with Crippen molar-refractivity contribution in [3.63, 3.8) is 0 Å². The highest BCUT2D eigenvalue weighted by Gasteiger charge is 2.16. The Morgan fingerprint density at radius 1 is 1.32 bits per heavy atom. The summed E-state index contributed by atoms with van der Waals surface area (Å²) in [6.45, 7) is 0. The number of imidazole rings is 1. The number of aromatic nitrogens is 2. The van der Waals surface area contributed by atoms with E-state index in [1.165, 1.54) is 24.2 Å². The molecule has 2 N–H and O–H groups in total. The van der Waals surface area contributed by atoms with Crippen LogP contribution < -0.4 is 5.73 Å². The van der Waals surface area contributed by atoms with Gasteiger partial charge in [0.2, 0.25) is 0 Å². The quantitative estimate of drug-likeness (QED) is 0.857. The number of fused-ring (bicyclic) bond motifs is 1. The first kappa shape index (κ1) is 12.8. The lowest BCUT2D eigenvalue weighted by Gasteiger charge is -2.14. The molecule has 1 aliphatic carbocycles. The molecular weight excluding hydrogens is 322 g/mol. The molecule has 98 valence electrons. The first-order chi connectivity index (χ1) is 9.16. The summed E-state index contributed by atoms with van der Waals surface area (Å²) in [5.74, 6) is 0. The lowest BCUT2D eigenvalue weighted by molar-refractivity contribution is 0.656. The Labute approximate surface area is 126 Å². The van der Waals surface area contributed by atoms with Crippen LogP contribution in [0.5, 0.6) is 0 Å². The van der Waals surface area contributed by atoms with E-state index in [0.717, 1.165) is 28.6 Å². The Kier molecular flexibility index (Phi) is 3.41. The summed E-state index contributed by atoms with van der Waals surface area (Å²) in [5, 5.41) is 0. The second kappa shape index (κ2) is 5.06. The molecule has 0 amide bonds. The molecule has 0 bridgehead atoms. The average molecular weight is 336 g/mol. The van der Waals surface area contributed by atoms with Gasteiger partial charge in [0.05, 0.1) is 12.0 Å². The summed E-state index contributed by atoms with van der Waals surface area (Å²) in [6.07, 6.45) is 6.59. The van der Waals surface area contributed by atoms with Crippen LogP contribution in [0.25, 0.3) is 5.69 Å². The molecule has 3 nitrogen and oxygen atoms in total. The second-order valence-corrected chi connectivity index (χ2v) is 6.04. The van der Waals surface area contributed by atoms with Gasteiger partial charge < -0.3 is 10.3 Å². The van der Waals surface area contributed by atoms with Crippen LogP contribution >= 0.6 is 28.1 Å². The summed E-state index contributed by atoms with van der Waals surface area (Å²) >= 11 is 8.55. The fourth-order valence-corrected chi connectivity index (χ4v) is 3.43. The zero-order valence-corrected chi connectivity index (χ0v) is 12.8. The maximum absolute atomic E-state index is 5.68. The third-order valence-corrected chi connectivity index (χ3v) is 4.40. The van der Waals surface area contributed by atoms with Crippen LogP contribution in [-0.4, -0.2) is 14.5 Å². The molecule has 0 saturated heterocycles. The lowest BCUT2D eigenvalue weighted by atomic mass is 10.0. The van der Waals surface area contributed by atoms with E-state index in [9.17, 15) is 0 Å². The van der Waals surface area contributed by atoms with E-state index in [1.54, 1.807) is 0 Å². The molecule has 3 rings (SSSR count). The van der Waals surface area contributed by atoms with E-state index in [2.05, 4.69) is 25.5 Å². The van der Waals surface area contributed by atoms with Crippen molar-refractivity contribution in [2.75, 3.05) is 0 Å². The van der Waals surface area contributed by atoms with Crippen LogP contribution in [0, 0.1) is 0 Å². The van der Waals surface area contributed by atoms with Gasteiger partial charge in [0, 0.05) is 21.4 Å². The number of benzene rings is 1. The van der Waals surface area contributed by atoms with Gasteiger partial charge in [-0.25, -0.2) is 4.98 Å². The Morgan fingerprint density at radius 2 is 2.11 bits per heavy atom. The Balaban J connectivity index is 2.05. The maximum atomic E-state index is 5.68. The first-order valence-corrected chi connectivity index (χ1v) is 7.52. The monoisotopic (exact) mass is 335 g/mol. The molecule has 1 aromatic heterocycles. The molecule has 0 fully saturated rings. The highest BCUT2D eigenvalue weighted by atomic mass is 79.9. The molecule has 0 aliphatic heterocycles. The predicted molar refractivity (Wildman–Crippen MR) is 83.8 cm³/mol. The molecule has 1 heterocycles. The summed E-state index contributed by atoms with van der Waals surface area (Å²) in [4.78, 5) is 4.93. The number of hydrogen-bond donors (Lipinski definition) is 1. The second-order valence-electron chi connectivity index (χ2n) is 4.74. The largest absolute Gasteiger partial charge is 0.389 e. The van der Waals surface area contributed by atoms with Crippen molar-refractivity contribution in [3.05, 3.63) is 46.0 Å². The van der Waals surface area contributed by atoms with Crippen LogP contribution in [0.1, 0.15) is 29.8 Å². The Bertz CT molecular complexity index is 648. The van der Waals surface area contributed by atoms with Crippen LogP contribution in [0.4, 0.5) is 0 Å². The third-order valence-electron chi connectivity index (χ3n) is 3.53. The van der Waals surface area contributed by atoms with Crippen molar-refractivity contribution in [2.45, 2.75) is 25.7 Å². The minimum atomic E-state index is 0.408. The van der Waals surface area contributed by atoms with Gasteiger partial charge in [-0.05, 0) is 59.8 Å². The summed E-state index contributed by atoms with van der Waals surface area (Å²) < 4.78 is 3.10. The average Bonchev–Trinajstić information content (AvgIpc) is 2.82. The van der Waals surface area contributed by atoms with Crippen molar-refractivity contribution in [1.29, 1.82) is 0 Å². The molecule has 0 saturated carbocycles. The van der Waals surface area contributed by atoms with Gasteiger partial charge in [-0.3, -0.25) is 0 Å². The van der Waals surface area contributed by atoms with Crippen molar-refractivity contribution in [1.82, 2.24) is 9.55 Å². The maximum Gasteiger partial charge on any atom is 0.105 e. The van der Waals surface area contributed by atoms with Gasteiger partial charge in [-0.15, -0.1) is 0 Å². The van der Waals surface area contributed by atoms with E-state index in [-0.39, 0.29) is 0 Å². The fourth-order valence-electron chi connectivity index (χ4n) is 2.55. The van der Waals surface area contributed by atoms with Crippen molar-refractivity contribution in [2.24, 2.45) is 5.73 Å². The molecule has 0 radical (unpaired) electrons. The minimum absolute atomic E-state index is 0.408. The van der Waals surface area contributed by atoms with Gasteiger partial charge in [-0.2, -0.15) is 0 Å². The van der Waals surface area contributed by atoms with Gasteiger partial charge in [-0.1, -0.05) is 12.2 Å². The first-order valence-electron chi connectivity index (χ1n) is 6.31. The Morgan fingerprint density at radius 3 is 2.84 bits per heavy atom. The topological polar surface area (TPSA) is 43.8 Å². The highest BCUT2D eigenvalue weighted by Crippen LogP contribution is 2.26. The summed E-state index contributed by atoms with van der Waals surface area (Å²) in [6, 6.07) is 6.04. The fraction of sp³-hybridized carbons (Fsp3) is 0.286. The smallest absolute Gasteiger partial charge is 0.105 e. The summed E-state index contributed by atoms with van der Waals surface area (Å²) in [5.41, 5.74) is 10.2. The SMILES string of the molecule is NC(=S)c1ccc(-n2cnc3c2CCCC3)cc1Br. The van der Waals surface area contributed by atoms with Crippen molar-refractivity contribution in [3.8, 4) is 5.69 Å². The molecule has 1 aliphatic rings. The molecule has 19 heavy (non-hydrogen) atoms. The van der Waals surface area contributed by atoms with E-state index in [4.69, 9.17) is 18.0 Å². The normalized spacial score (nSPS) is 14.2. The predicted octanol–water partition coefficient (Wildman–Crippen LogP) is 3.15. The van der Waals surface area contributed by atoms with Crippen molar-refractivity contribution >= 4 is 33.1 Å². The molecule has 2 aromatic rings. The van der Waals surface area contributed by atoms with Crippen LogP contribution in [0.3, 0.4) is 0 Å². The van der Waals surface area contributed by atoms with Crippen LogP contribution in [0.2, 0.25) is 0 Å². The zero-order valence-electron chi connectivity index (χ0n) is 10.4. The molecule has 0 atom stereocenters. The Hall–Kier alpha value is -1.20. The summed E-state index contributed by atoms with van der Waals surface area (Å²) in [7, 11) is 0. The van der Waals surface area contributed by atoms with E-state index < -0.39 is 0 Å². The number of hydrogen-bond acceptors (Lipinski definition) is 2. The molecule has 5 heteroatoms. The van der Waals surface area contributed by atoms with Gasteiger partial charge in [0.25, 0.3) is 0 Å². The number of halogens is 1. The lowest BCUT2D eigenvalue weighted by Crippen LogP contribution is -2.11. The molecule has 1 aromatic carbocycles. The number of nitrogens with two attached hydrogens (primary N) is 1. The van der Waals surface area contributed by atoms with Crippen LogP contribution in [-0.2, 0) is 12.8 Å². The number of nitrogens with zero attached hydrogens (tertiary/aromatic N) is 2. The van der Waals surface area contributed by atoms with Gasteiger partial charge in [0.15, 0.2) is 0 Å². The van der Waals surface area contributed by atoms with Crippen LogP contribution in [0.15, 0.2) is 29.0 Å². The molecule has 0 unspecified atom stereocenters. The molecule has 0 spiro atoms. The highest BCUT2D eigenvalue weighted by molar-refractivity contribution is 9.10. The number of rotatable bonds is 2. The third kappa shape index (κ3) is 2.32. The number of thiocarbonyl (C=S) groups is 1. The number of aryl methyl sites for hydroxylation is 1. The standard InChI is InChI=1S/C14H14BrN3S/c15-11-7-9(5-6-10(11)14(16)19)18-8-17-12-3-1-2-4-13(12)18/h5-8H,1-4H2,(H2,16,19). The van der Waals surface area contributed by atoms with Gasteiger partial charge >= 0.3 is 0 Å². The van der Waals surface area contributed by atoms with Gasteiger partial charge in [0.1, 0.15) is 4.99 Å². The zero-order chi connectivity index (χ0) is 13.4. The van der Waals surface area contributed by atoms with E-state index in [0.29, 0.717) is 4.99 Å². The minimum Gasteiger partial charge on any atom is -0.389 e.